The Morgan fingerprint density at radius 3 is 2.02 bits per heavy atom. The number of aromatic carboxylic acids is 1. The summed E-state index contributed by atoms with van der Waals surface area (Å²) in [5.41, 5.74) is 12.3. The lowest BCUT2D eigenvalue weighted by atomic mass is 9.78. The van der Waals surface area contributed by atoms with Gasteiger partial charge in [-0.25, -0.2) is 4.79 Å². The number of fused-ring (bicyclic) bond motifs is 4. The predicted molar refractivity (Wildman–Crippen MR) is 255 cm³/mol. The Morgan fingerprint density at radius 1 is 0.721 bits per heavy atom. The van der Waals surface area contributed by atoms with Gasteiger partial charge in [0.25, 0.3) is 0 Å². The molecule has 0 aliphatic carbocycles. The highest BCUT2D eigenvalue weighted by Gasteiger charge is 2.45. The third-order valence-corrected chi connectivity index (χ3v) is 12.5. The van der Waals surface area contributed by atoms with E-state index in [0.29, 0.717) is 5.56 Å². The number of hydrogen-bond acceptors (Lipinski definition) is 3. The average Bonchev–Trinajstić information content (AvgIpc) is 3.62. The predicted octanol–water partition coefficient (Wildman–Crippen LogP) is 13.6. The van der Waals surface area contributed by atoms with E-state index in [1.807, 2.05) is 24.3 Å². The third-order valence-electron chi connectivity index (χ3n) is 12.5. The van der Waals surface area contributed by atoms with Gasteiger partial charge in [-0.05, 0) is 128 Å². The van der Waals surface area contributed by atoms with Gasteiger partial charge in [0.05, 0.1) is 11.0 Å². The second-order valence-electron chi connectivity index (χ2n) is 17.3. The van der Waals surface area contributed by atoms with Crippen LogP contribution in [0.1, 0.15) is 99.8 Å². The van der Waals surface area contributed by atoms with Crippen molar-refractivity contribution in [3.63, 3.8) is 0 Å². The molecule has 2 heterocycles. The summed E-state index contributed by atoms with van der Waals surface area (Å²) < 4.78 is 2.53. The molecule has 1 N–H and O–H groups in total. The molecule has 2 aliphatic rings. The maximum absolute atomic E-state index is 12.0. The van der Waals surface area contributed by atoms with Crippen LogP contribution in [0.5, 0.6) is 0 Å². The highest BCUT2D eigenvalue weighted by atomic mass is 16.4. The van der Waals surface area contributed by atoms with E-state index in [1.165, 1.54) is 33.4 Å². The van der Waals surface area contributed by atoms with Crippen LogP contribution in [-0.2, 0) is 10.8 Å². The smallest absolute Gasteiger partial charge is 0.335 e. The number of benzene rings is 6. The van der Waals surface area contributed by atoms with E-state index in [4.69, 9.17) is 0 Å². The van der Waals surface area contributed by atoms with Crippen molar-refractivity contribution >= 4 is 50.9 Å². The molecule has 61 heavy (non-hydrogen) atoms. The molecule has 0 atom stereocenters. The lowest BCUT2D eigenvalue weighted by molar-refractivity contribution is -0.438. The first-order valence-electron chi connectivity index (χ1n) is 21.8. The molecular formula is C56H56N3O2+. The van der Waals surface area contributed by atoms with Gasteiger partial charge in [0.1, 0.15) is 6.54 Å². The van der Waals surface area contributed by atoms with Crippen LogP contribution in [0.4, 0.5) is 28.4 Å². The van der Waals surface area contributed by atoms with Crippen LogP contribution >= 0.6 is 0 Å². The molecule has 6 aromatic rings. The Bertz CT molecular complexity index is 2710. The molecule has 8 rings (SSSR count). The van der Waals surface area contributed by atoms with E-state index >= 15 is 0 Å². The van der Waals surface area contributed by atoms with Gasteiger partial charge in [-0.3, -0.25) is 0 Å². The first-order valence-corrected chi connectivity index (χ1v) is 21.8. The van der Waals surface area contributed by atoms with Gasteiger partial charge < -0.3 is 14.9 Å². The lowest BCUT2D eigenvalue weighted by Gasteiger charge is -2.27. The fraction of sp³-hybridized carbons (Fsp3) is 0.250. The Morgan fingerprint density at radius 2 is 1.36 bits per heavy atom. The minimum atomic E-state index is -0.892. The Balaban J connectivity index is 1.08. The molecule has 2 aliphatic heterocycles. The van der Waals surface area contributed by atoms with Gasteiger partial charge >= 0.3 is 5.97 Å². The quantitative estimate of drug-likeness (QED) is 0.0989. The van der Waals surface area contributed by atoms with Gasteiger partial charge in [-0.1, -0.05) is 101 Å². The molecule has 0 unspecified atom stereocenters. The zero-order valence-corrected chi connectivity index (χ0v) is 36.4. The Labute approximate surface area is 362 Å². The summed E-state index contributed by atoms with van der Waals surface area (Å²) in [5, 5.41) is 12.3. The zero-order valence-electron chi connectivity index (χ0n) is 36.4. The van der Waals surface area contributed by atoms with Crippen molar-refractivity contribution in [2.24, 2.45) is 0 Å². The van der Waals surface area contributed by atoms with Gasteiger partial charge in [0, 0.05) is 75.7 Å². The number of rotatable bonds is 12. The van der Waals surface area contributed by atoms with E-state index < -0.39 is 5.97 Å². The van der Waals surface area contributed by atoms with Gasteiger partial charge in [-0.2, -0.15) is 4.58 Å². The summed E-state index contributed by atoms with van der Waals surface area (Å²) >= 11 is 0. The first-order chi connectivity index (χ1) is 29.5. The second-order valence-corrected chi connectivity index (χ2v) is 17.3. The monoisotopic (exact) mass is 802 g/mol. The number of unbranched alkanes of at least 4 members (excludes halogenated alkanes) is 2. The maximum atomic E-state index is 12.0. The number of para-hydroxylation sites is 2. The normalized spacial score (nSPS) is 15.6. The molecule has 0 amide bonds. The summed E-state index contributed by atoms with van der Waals surface area (Å²) in [4.78, 5) is 16.6. The molecule has 0 saturated carbocycles. The number of carbonyl (C=O) groups is 1. The van der Waals surface area contributed by atoms with E-state index in [0.717, 1.165) is 78.2 Å². The Hall–Kier alpha value is -6.64. The first kappa shape index (κ1) is 41.1. The summed E-state index contributed by atoms with van der Waals surface area (Å²) in [6, 6.07) is 46.2. The van der Waals surface area contributed by atoms with Crippen LogP contribution in [0.3, 0.4) is 0 Å². The average molecular weight is 803 g/mol. The molecule has 5 heteroatoms. The van der Waals surface area contributed by atoms with Crippen LogP contribution < -0.4 is 9.80 Å². The minimum Gasteiger partial charge on any atom is -0.478 e. The lowest BCUT2D eigenvalue weighted by Crippen LogP contribution is -2.28. The van der Waals surface area contributed by atoms with Crippen LogP contribution in [0.15, 0.2) is 157 Å². The van der Waals surface area contributed by atoms with Gasteiger partial charge in [-0.15, -0.1) is 0 Å². The van der Waals surface area contributed by atoms with Crippen LogP contribution in [0.25, 0.3) is 10.8 Å². The maximum Gasteiger partial charge on any atom is 0.335 e. The van der Waals surface area contributed by atoms with Gasteiger partial charge in [0.15, 0.2) is 5.71 Å². The number of carboxylic acids is 1. The van der Waals surface area contributed by atoms with Crippen LogP contribution in [-0.4, -0.2) is 34.5 Å². The molecule has 0 fully saturated rings. The van der Waals surface area contributed by atoms with Crippen molar-refractivity contribution in [3.8, 4) is 11.8 Å². The zero-order chi connectivity index (χ0) is 42.7. The van der Waals surface area contributed by atoms with Crippen molar-refractivity contribution in [1.29, 1.82) is 0 Å². The summed E-state index contributed by atoms with van der Waals surface area (Å²) in [6.45, 7) is 15.4. The van der Waals surface area contributed by atoms with Crippen LogP contribution in [0.2, 0.25) is 0 Å². The second kappa shape index (κ2) is 17.1. The number of nitrogens with zero attached hydrogens (tertiary/aromatic N) is 3. The van der Waals surface area contributed by atoms with Crippen molar-refractivity contribution < 1.29 is 14.5 Å². The summed E-state index contributed by atoms with van der Waals surface area (Å²) in [7, 11) is 0. The minimum absolute atomic E-state index is 0.244. The van der Waals surface area contributed by atoms with E-state index in [-0.39, 0.29) is 10.8 Å². The fourth-order valence-electron chi connectivity index (χ4n) is 9.26. The summed E-state index contributed by atoms with van der Waals surface area (Å²) in [5.74, 6) is 6.00. The molecule has 0 bridgehead atoms. The van der Waals surface area contributed by atoms with Crippen molar-refractivity contribution in [2.45, 2.75) is 78.1 Å². The standard InChI is InChI=1S/C56H55N3O2/c1-7-9-36-57-49-34-30-43(54(60)61)39-48(49)55(3,4)51(57)22-17-23-52-56(5,6)53-47-33-28-41(38-42(47)29-35-50(53)58(52)37-10-8-2)25-24-40-26-31-46(32-27-40)59(44-18-13-11-14-19-44)45-20-15-12-16-21-45/h11-23,26-35,38-39H,7-10,36-37H2,1-6H3/p+1. The van der Waals surface area contributed by atoms with Crippen LogP contribution in [0, 0.1) is 11.8 Å². The molecule has 0 aromatic heterocycles. The number of allylic oxidation sites excluding steroid dienone is 4. The van der Waals surface area contributed by atoms with E-state index in [2.05, 4.69) is 189 Å². The van der Waals surface area contributed by atoms with E-state index in [9.17, 15) is 9.90 Å². The van der Waals surface area contributed by atoms with Gasteiger partial charge in [0.2, 0.25) is 5.69 Å². The SMILES string of the molecule is CCCCN1C(=CC=CC2=[N+](CCCC)c3ccc4cc(C#Cc5ccc(N(c6ccccc6)c6ccccc6)cc5)ccc4c3C2(C)C)C(C)(C)c2cc(C(=O)O)ccc21. The number of carboxylic acid groups (broad SMARTS) is 1. The molecular weight excluding hydrogens is 747 g/mol. The molecule has 5 nitrogen and oxygen atoms in total. The van der Waals surface area contributed by atoms with Crippen molar-refractivity contribution in [3.05, 3.63) is 185 Å². The highest BCUT2D eigenvalue weighted by Crippen LogP contribution is 2.49. The largest absolute Gasteiger partial charge is 0.478 e. The molecule has 306 valence electrons. The van der Waals surface area contributed by atoms with Crippen molar-refractivity contribution in [1.82, 2.24) is 0 Å². The van der Waals surface area contributed by atoms with Crippen molar-refractivity contribution in [2.75, 3.05) is 22.9 Å². The van der Waals surface area contributed by atoms with E-state index in [1.54, 1.807) is 6.07 Å². The fourth-order valence-corrected chi connectivity index (χ4v) is 9.26. The molecule has 6 aromatic carbocycles. The third kappa shape index (κ3) is 7.91. The number of hydrogen-bond donors (Lipinski definition) is 1. The number of anilines is 4. The topological polar surface area (TPSA) is 46.8 Å². The highest BCUT2D eigenvalue weighted by molar-refractivity contribution is 6.08. The molecule has 0 spiro atoms. The summed E-state index contributed by atoms with van der Waals surface area (Å²) in [6.07, 6.45) is 11.2. The molecule has 0 radical (unpaired) electrons. The Kier molecular flexibility index (Phi) is 11.6. The molecule has 0 saturated heterocycles.